The highest BCUT2D eigenvalue weighted by atomic mass is 16.5. The van der Waals surface area contributed by atoms with Gasteiger partial charge >= 0.3 is 0 Å². The number of carbonyl (C=O) groups is 1. The Bertz CT molecular complexity index is 887. The molecule has 36 heavy (non-hydrogen) atoms. The second-order valence-corrected chi connectivity index (χ2v) is 9.22. The van der Waals surface area contributed by atoms with Crippen LogP contribution in [-0.4, -0.2) is 79.1 Å². The molecular weight excluding hydrogens is 452 g/mol. The van der Waals surface area contributed by atoms with Gasteiger partial charge in [-0.25, -0.2) is 0 Å². The van der Waals surface area contributed by atoms with E-state index in [-0.39, 0.29) is 5.91 Å². The Morgan fingerprint density at radius 2 is 1.69 bits per heavy atom. The molecule has 8 heteroatoms. The molecule has 0 bridgehead atoms. The van der Waals surface area contributed by atoms with Crippen molar-refractivity contribution in [2.24, 2.45) is 10.7 Å². The number of nitrogens with zero attached hydrogens (tertiary/aromatic N) is 4. The largest absolute Gasteiger partial charge is 0.379 e. The van der Waals surface area contributed by atoms with Crippen molar-refractivity contribution in [3.8, 4) is 0 Å². The van der Waals surface area contributed by atoms with Gasteiger partial charge in [0.15, 0.2) is 5.96 Å². The van der Waals surface area contributed by atoms with Crippen molar-refractivity contribution >= 4 is 17.6 Å². The molecule has 0 unspecified atom stereocenters. The molecule has 1 saturated heterocycles. The first-order valence-corrected chi connectivity index (χ1v) is 13.3. The van der Waals surface area contributed by atoms with Crippen molar-refractivity contribution in [3.05, 3.63) is 60.4 Å². The van der Waals surface area contributed by atoms with E-state index < -0.39 is 0 Å². The monoisotopic (exact) mass is 494 g/mol. The molecule has 1 fully saturated rings. The SMILES string of the molecule is NC(=NCCCCCCCCN(CCCN1CCOCC1)C(=O)c1ccccc1)Nc1cccnc1. The van der Waals surface area contributed by atoms with Gasteiger partial charge in [0, 0.05) is 51.0 Å². The Balaban J connectivity index is 1.30. The van der Waals surface area contributed by atoms with Gasteiger partial charge < -0.3 is 20.7 Å². The van der Waals surface area contributed by atoms with E-state index in [2.05, 4.69) is 20.2 Å². The maximum absolute atomic E-state index is 13.1. The molecule has 1 aromatic carbocycles. The Hall–Kier alpha value is -2.97. The van der Waals surface area contributed by atoms with Crippen LogP contribution in [0.2, 0.25) is 0 Å². The number of pyridine rings is 1. The number of anilines is 1. The first-order chi connectivity index (χ1) is 17.7. The zero-order chi connectivity index (χ0) is 25.3. The number of unbranched alkanes of at least 4 members (excludes halogenated alkanes) is 5. The number of benzene rings is 1. The number of amides is 1. The lowest BCUT2D eigenvalue weighted by molar-refractivity contribution is 0.0357. The number of ether oxygens (including phenoxy) is 1. The average molecular weight is 495 g/mol. The molecule has 1 aliphatic heterocycles. The van der Waals surface area contributed by atoms with Gasteiger partial charge in [-0.3, -0.25) is 19.7 Å². The van der Waals surface area contributed by atoms with Gasteiger partial charge in [0.2, 0.25) is 0 Å². The predicted octanol–water partition coefficient (Wildman–Crippen LogP) is 4.01. The second kappa shape index (κ2) is 16.7. The average Bonchev–Trinajstić information content (AvgIpc) is 2.92. The molecule has 0 aliphatic carbocycles. The molecule has 8 nitrogen and oxygen atoms in total. The number of guanidine groups is 1. The molecule has 0 atom stereocenters. The fraction of sp³-hybridized carbons (Fsp3) is 0.536. The molecule has 1 aliphatic rings. The Kier molecular flexibility index (Phi) is 12.8. The van der Waals surface area contributed by atoms with Crippen LogP contribution in [0.5, 0.6) is 0 Å². The molecule has 1 aromatic heterocycles. The molecule has 2 aromatic rings. The van der Waals surface area contributed by atoms with E-state index in [0.717, 1.165) is 95.8 Å². The zero-order valence-electron chi connectivity index (χ0n) is 21.5. The molecule has 3 rings (SSSR count). The predicted molar refractivity (Wildman–Crippen MR) is 146 cm³/mol. The van der Waals surface area contributed by atoms with E-state index in [4.69, 9.17) is 10.5 Å². The third-order valence-corrected chi connectivity index (χ3v) is 6.37. The van der Waals surface area contributed by atoms with E-state index in [0.29, 0.717) is 5.96 Å². The molecule has 0 spiro atoms. The van der Waals surface area contributed by atoms with E-state index in [1.54, 1.807) is 12.4 Å². The quantitative estimate of drug-likeness (QED) is 0.221. The van der Waals surface area contributed by atoms with Gasteiger partial charge in [0.1, 0.15) is 0 Å². The van der Waals surface area contributed by atoms with Crippen LogP contribution in [0.15, 0.2) is 59.9 Å². The van der Waals surface area contributed by atoms with Crippen molar-refractivity contribution in [1.29, 1.82) is 0 Å². The minimum Gasteiger partial charge on any atom is -0.379 e. The van der Waals surface area contributed by atoms with Gasteiger partial charge in [0.25, 0.3) is 5.91 Å². The fourth-order valence-electron chi connectivity index (χ4n) is 4.33. The third-order valence-electron chi connectivity index (χ3n) is 6.37. The lowest BCUT2D eigenvalue weighted by atomic mass is 10.1. The molecule has 0 saturated carbocycles. The summed E-state index contributed by atoms with van der Waals surface area (Å²) in [4.78, 5) is 26.0. The maximum atomic E-state index is 13.1. The molecule has 2 heterocycles. The summed E-state index contributed by atoms with van der Waals surface area (Å²) in [6.07, 6.45) is 11.1. The Morgan fingerprint density at radius 3 is 2.44 bits per heavy atom. The second-order valence-electron chi connectivity index (χ2n) is 9.22. The first-order valence-electron chi connectivity index (χ1n) is 13.3. The van der Waals surface area contributed by atoms with E-state index >= 15 is 0 Å². The molecule has 1 amide bonds. The Labute approximate surface area is 215 Å². The molecule has 3 N–H and O–H groups in total. The van der Waals surface area contributed by atoms with Crippen LogP contribution in [0.3, 0.4) is 0 Å². The van der Waals surface area contributed by atoms with Gasteiger partial charge in [-0.05, 0) is 43.5 Å². The molecular formula is C28H42N6O2. The smallest absolute Gasteiger partial charge is 0.253 e. The lowest BCUT2D eigenvalue weighted by Crippen LogP contribution is -2.39. The van der Waals surface area contributed by atoms with E-state index in [9.17, 15) is 4.79 Å². The number of aromatic nitrogens is 1. The summed E-state index contributed by atoms with van der Waals surface area (Å²) >= 11 is 0. The highest BCUT2D eigenvalue weighted by Crippen LogP contribution is 2.11. The fourth-order valence-corrected chi connectivity index (χ4v) is 4.33. The van der Waals surface area contributed by atoms with Crippen molar-refractivity contribution in [1.82, 2.24) is 14.8 Å². The van der Waals surface area contributed by atoms with Gasteiger partial charge in [-0.15, -0.1) is 0 Å². The van der Waals surface area contributed by atoms with Crippen molar-refractivity contribution in [2.75, 3.05) is 57.8 Å². The number of hydrogen-bond donors (Lipinski definition) is 2. The first kappa shape index (κ1) is 27.6. The minimum absolute atomic E-state index is 0.146. The number of hydrogen-bond acceptors (Lipinski definition) is 5. The van der Waals surface area contributed by atoms with Crippen molar-refractivity contribution in [2.45, 2.75) is 44.9 Å². The van der Waals surface area contributed by atoms with Crippen LogP contribution in [0.1, 0.15) is 55.3 Å². The third kappa shape index (κ3) is 10.7. The number of rotatable bonds is 15. The van der Waals surface area contributed by atoms with Gasteiger partial charge in [-0.2, -0.15) is 0 Å². The lowest BCUT2D eigenvalue weighted by Gasteiger charge is -2.28. The maximum Gasteiger partial charge on any atom is 0.253 e. The summed E-state index contributed by atoms with van der Waals surface area (Å²) in [5.74, 6) is 0.577. The summed E-state index contributed by atoms with van der Waals surface area (Å²) in [7, 11) is 0. The summed E-state index contributed by atoms with van der Waals surface area (Å²) in [6, 6.07) is 13.4. The van der Waals surface area contributed by atoms with Crippen molar-refractivity contribution < 1.29 is 9.53 Å². The van der Waals surface area contributed by atoms with E-state index in [1.165, 1.54) is 12.8 Å². The van der Waals surface area contributed by atoms with Crippen LogP contribution in [0.4, 0.5) is 5.69 Å². The van der Waals surface area contributed by atoms with Gasteiger partial charge in [-0.1, -0.05) is 43.9 Å². The molecule has 0 radical (unpaired) electrons. The van der Waals surface area contributed by atoms with Crippen LogP contribution < -0.4 is 11.1 Å². The molecule has 196 valence electrons. The topological polar surface area (TPSA) is 96.1 Å². The van der Waals surface area contributed by atoms with Crippen molar-refractivity contribution in [3.63, 3.8) is 0 Å². The minimum atomic E-state index is 0.146. The summed E-state index contributed by atoms with van der Waals surface area (Å²) in [5.41, 5.74) is 7.55. The van der Waals surface area contributed by atoms with Crippen LogP contribution >= 0.6 is 0 Å². The van der Waals surface area contributed by atoms with E-state index in [1.807, 2.05) is 47.4 Å². The number of nitrogens with two attached hydrogens (primary N) is 1. The summed E-state index contributed by atoms with van der Waals surface area (Å²) in [5, 5.41) is 3.05. The number of morpholine rings is 1. The summed E-state index contributed by atoms with van der Waals surface area (Å²) in [6.45, 7) is 6.98. The van der Waals surface area contributed by atoms with Crippen LogP contribution in [-0.2, 0) is 4.74 Å². The van der Waals surface area contributed by atoms with Gasteiger partial charge in [0.05, 0.1) is 25.1 Å². The number of nitrogens with one attached hydrogen (secondary N) is 1. The summed E-state index contributed by atoms with van der Waals surface area (Å²) < 4.78 is 5.44. The standard InChI is InChI=1S/C28H42N6O2/c29-28(32-26-14-10-15-30-24-26)31-16-8-3-1-2-4-9-18-34(27(35)25-12-6-5-7-13-25)19-11-17-33-20-22-36-23-21-33/h5-7,10,12-15,24H,1-4,8-9,11,16-23H2,(H3,29,31,32). The number of aliphatic imine (C=N–C) groups is 1. The zero-order valence-corrected chi connectivity index (χ0v) is 21.5. The van der Waals surface area contributed by atoms with Crippen LogP contribution in [0, 0.1) is 0 Å². The highest BCUT2D eigenvalue weighted by molar-refractivity contribution is 5.94. The normalized spacial score (nSPS) is 14.5. The number of carbonyl (C=O) groups excluding carboxylic acids is 1. The van der Waals surface area contributed by atoms with Crippen LogP contribution in [0.25, 0.3) is 0 Å². The Morgan fingerprint density at radius 1 is 0.972 bits per heavy atom. The highest BCUT2D eigenvalue weighted by Gasteiger charge is 2.16.